The van der Waals surface area contributed by atoms with E-state index < -0.39 is 59.5 Å². The third-order valence-corrected chi connectivity index (χ3v) is 5.85. The number of aliphatic hydroxyl groups is 1. The zero-order valence-corrected chi connectivity index (χ0v) is 21.8. The Labute approximate surface area is 223 Å². The molecule has 2 rings (SSSR count). The van der Waals surface area contributed by atoms with Gasteiger partial charge in [-0.05, 0) is 12.1 Å². The molecule has 16 nitrogen and oxygen atoms in total. The van der Waals surface area contributed by atoms with Crippen molar-refractivity contribution in [2.24, 2.45) is 16.5 Å². The van der Waals surface area contributed by atoms with Crippen molar-refractivity contribution < 1.29 is 48.4 Å². The summed E-state index contributed by atoms with van der Waals surface area (Å²) < 4.78 is 28.1. The SMILES string of the molecule is COc1cc(O[C@]2(C(=O)O)C[C@H](OC)[C@@H](NC(C)=O)C([C@@H](OC)[C@@H](O)CN=C(N)N)O2)ccc1/C=C/[N+](=O)[O-]. The van der Waals surface area contributed by atoms with Crippen LogP contribution >= 0.6 is 0 Å². The van der Waals surface area contributed by atoms with Crippen LogP contribution in [0.2, 0.25) is 0 Å². The Morgan fingerprint density at radius 1 is 1.36 bits per heavy atom. The van der Waals surface area contributed by atoms with Crippen molar-refractivity contribution in [2.75, 3.05) is 27.9 Å². The molecular weight excluding hydrogens is 522 g/mol. The van der Waals surface area contributed by atoms with Gasteiger partial charge < -0.3 is 50.7 Å². The molecule has 6 atom stereocenters. The van der Waals surface area contributed by atoms with Crippen molar-refractivity contribution in [3.63, 3.8) is 0 Å². The van der Waals surface area contributed by atoms with Gasteiger partial charge in [-0.2, -0.15) is 0 Å². The Morgan fingerprint density at radius 3 is 2.56 bits per heavy atom. The maximum atomic E-state index is 12.6. The van der Waals surface area contributed by atoms with E-state index >= 15 is 0 Å². The molecule has 216 valence electrons. The number of carbonyl (C=O) groups is 2. The van der Waals surface area contributed by atoms with Gasteiger partial charge in [-0.3, -0.25) is 19.9 Å². The first-order valence-corrected chi connectivity index (χ1v) is 11.5. The van der Waals surface area contributed by atoms with Gasteiger partial charge in [0.05, 0.1) is 37.1 Å². The highest BCUT2D eigenvalue weighted by Gasteiger charge is 2.57. The number of aliphatic carboxylic acids is 1. The highest BCUT2D eigenvalue weighted by atomic mass is 16.7. The third kappa shape index (κ3) is 8.00. The summed E-state index contributed by atoms with van der Waals surface area (Å²) in [5, 5.41) is 34.4. The lowest BCUT2D eigenvalue weighted by Crippen LogP contribution is -2.69. The van der Waals surface area contributed by atoms with Gasteiger partial charge in [0, 0.05) is 38.8 Å². The second-order valence-corrected chi connectivity index (χ2v) is 8.49. The number of hydrogen-bond donors (Lipinski definition) is 5. The van der Waals surface area contributed by atoms with E-state index in [2.05, 4.69) is 10.3 Å². The van der Waals surface area contributed by atoms with Gasteiger partial charge in [-0.1, -0.05) is 0 Å². The predicted molar refractivity (Wildman–Crippen MR) is 135 cm³/mol. The van der Waals surface area contributed by atoms with E-state index in [0.29, 0.717) is 5.56 Å². The van der Waals surface area contributed by atoms with Crippen LogP contribution in [0.15, 0.2) is 29.4 Å². The summed E-state index contributed by atoms with van der Waals surface area (Å²) >= 11 is 0. The van der Waals surface area contributed by atoms with Crippen LogP contribution < -0.4 is 26.3 Å². The number of aliphatic hydroxyl groups excluding tert-OH is 1. The number of amides is 1. The van der Waals surface area contributed by atoms with Crippen molar-refractivity contribution in [2.45, 2.75) is 49.6 Å². The second-order valence-electron chi connectivity index (χ2n) is 8.49. The lowest BCUT2D eigenvalue weighted by molar-refractivity contribution is -0.400. The monoisotopic (exact) mass is 555 g/mol. The molecule has 0 spiro atoms. The number of benzene rings is 1. The molecule has 0 aromatic heterocycles. The molecule has 0 aliphatic carbocycles. The van der Waals surface area contributed by atoms with Crippen LogP contribution in [0, 0.1) is 10.1 Å². The fraction of sp³-hybridized carbons (Fsp3) is 0.522. The first kappa shape index (κ1) is 31.2. The number of carboxylic acid groups (broad SMARTS) is 1. The molecule has 1 amide bonds. The van der Waals surface area contributed by atoms with Crippen molar-refractivity contribution in [1.29, 1.82) is 0 Å². The van der Waals surface area contributed by atoms with E-state index in [9.17, 15) is 29.9 Å². The minimum Gasteiger partial charge on any atom is -0.496 e. The van der Waals surface area contributed by atoms with E-state index in [0.717, 1.165) is 6.20 Å². The molecule has 1 aromatic carbocycles. The number of nitro groups is 1. The second kappa shape index (κ2) is 13.7. The summed E-state index contributed by atoms with van der Waals surface area (Å²) in [5.74, 6) is -4.57. The molecule has 1 aliphatic heterocycles. The Hall–Kier alpha value is -3.99. The van der Waals surface area contributed by atoms with Crippen LogP contribution in [0.5, 0.6) is 11.5 Å². The standard InChI is InChI=1S/C23H33N5O11/c1-12(29)27-18-17(36-3)10-23(21(31)32,39-20(18)19(37-4)15(30)11-26-22(24)25)38-14-6-5-13(7-8-28(33)34)16(9-14)35-2/h5-9,15,17-20,30H,10-11H2,1-4H3,(H,27,29)(H,31,32)(H4,24,25,26)/b8-7+/t15-,17-,18+,19-,20?,23+/m0/s1. The summed E-state index contributed by atoms with van der Waals surface area (Å²) in [7, 11) is 3.88. The molecule has 0 radical (unpaired) electrons. The molecule has 1 aromatic rings. The first-order chi connectivity index (χ1) is 18.4. The molecule has 0 saturated carbocycles. The molecule has 1 saturated heterocycles. The maximum Gasteiger partial charge on any atom is 0.377 e. The molecule has 16 heteroatoms. The number of carbonyl (C=O) groups excluding carboxylic acids is 1. The number of nitrogens with one attached hydrogen (secondary N) is 1. The lowest BCUT2D eigenvalue weighted by atomic mass is 9.88. The average Bonchev–Trinajstić information content (AvgIpc) is 2.87. The molecule has 7 N–H and O–H groups in total. The number of ether oxygens (including phenoxy) is 5. The number of nitrogens with two attached hydrogens (primary N) is 2. The Balaban J connectivity index is 2.55. The maximum absolute atomic E-state index is 12.6. The number of guanidine groups is 1. The molecule has 0 bridgehead atoms. The largest absolute Gasteiger partial charge is 0.496 e. The van der Waals surface area contributed by atoms with Gasteiger partial charge in [0.1, 0.15) is 29.8 Å². The van der Waals surface area contributed by atoms with Crippen molar-refractivity contribution in [1.82, 2.24) is 5.32 Å². The molecular formula is C23H33N5O11. The minimum atomic E-state index is -2.39. The number of aliphatic imine (C=N–C) groups is 1. The van der Waals surface area contributed by atoms with E-state index in [1.54, 1.807) is 0 Å². The van der Waals surface area contributed by atoms with Gasteiger partial charge >= 0.3 is 11.8 Å². The number of hydrogen-bond acceptors (Lipinski definition) is 11. The summed E-state index contributed by atoms with van der Waals surface area (Å²) in [4.78, 5) is 38.5. The number of nitrogens with zero attached hydrogens (tertiary/aromatic N) is 2. The number of methoxy groups -OCH3 is 3. The minimum absolute atomic E-state index is 0.0193. The summed E-state index contributed by atoms with van der Waals surface area (Å²) in [6.07, 6.45) is -3.45. The number of rotatable bonds is 13. The van der Waals surface area contributed by atoms with Crippen LogP contribution in [0.1, 0.15) is 18.9 Å². The predicted octanol–water partition coefficient (Wildman–Crippen LogP) is -0.940. The third-order valence-electron chi connectivity index (χ3n) is 5.85. The van der Waals surface area contributed by atoms with Crippen LogP contribution in [0.3, 0.4) is 0 Å². The molecule has 1 unspecified atom stereocenters. The zero-order valence-electron chi connectivity index (χ0n) is 21.8. The number of carboxylic acids is 1. The van der Waals surface area contributed by atoms with Crippen LogP contribution in [0.4, 0.5) is 0 Å². The highest BCUT2D eigenvalue weighted by Crippen LogP contribution is 2.37. The molecule has 39 heavy (non-hydrogen) atoms. The summed E-state index contributed by atoms with van der Waals surface area (Å²) in [5.41, 5.74) is 11.0. The molecule has 1 fully saturated rings. The Bertz CT molecular complexity index is 1090. The average molecular weight is 556 g/mol. The molecule has 1 heterocycles. The zero-order chi connectivity index (χ0) is 29.3. The van der Waals surface area contributed by atoms with Crippen molar-refractivity contribution in [3.05, 3.63) is 40.1 Å². The van der Waals surface area contributed by atoms with E-state index in [1.807, 2.05) is 0 Å². The smallest absolute Gasteiger partial charge is 0.377 e. The highest BCUT2D eigenvalue weighted by molar-refractivity contribution is 5.77. The van der Waals surface area contributed by atoms with Crippen molar-refractivity contribution in [3.8, 4) is 11.5 Å². The van der Waals surface area contributed by atoms with Gasteiger partial charge in [-0.25, -0.2) is 4.79 Å². The Kier molecular flexibility index (Phi) is 11.0. The van der Waals surface area contributed by atoms with Crippen LogP contribution in [-0.4, -0.2) is 97.1 Å². The van der Waals surface area contributed by atoms with Gasteiger partial charge in [0.2, 0.25) is 12.1 Å². The van der Waals surface area contributed by atoms with Gasteiger partial charge in [0.25, 0.3) is 0 Å². The molecule has 1 aliphatic rings. The van der Waals surface area contributed by atoms with Crippen LogP contribution in [-0.2, 0) is 23.8 Å². The lowest BCUT2D eigenvalue weighted by Gasteiger charge is -2.48. The normalized spacial score (nSPS) is 24.4. The van der Waals surface area contributed by atoms with Crippen LogP contribution in [0.25, 0.3) is 6.08 Å². The van der Waals surface area contributed by atoms with Crippen molar-refractivity contribution >= 4 is 23.9 Å². The quantitative estimate of drug-likeness (QED) is 0.0855. The topological polar surface area (TPSA) is 240 Å². The fourth-order valence-electron chi connectivity index (χ4n) is 4.14. The van der Waals surface area contributed by atoms with E-state index in [1.165, 1.54) is 52.5 Å². The van der Waals surface area contributed by atoms with E-state index in [4.69, 9.17) is 35.2 Å². The van der Waals surface area contributed by atoms with Gasteiger partial charge in [-0.15, -0.1) is 0 Å². The van der Waals surface area contributed by atoms with Gasteiger partial charge in [0.15, 0.2) is 5.96 Å². The Morgan fingerprint density at radius 2 is 2.05 bits per heavy atom. The van der Waals surface area contributed by atoms with E-state index in [-0.39, 0.29) is 24.0 Å². The fourth-order valence-corrected chi connectivity index (χ4v) is 4.14. The first-order valence-electron chi connectivity index (χ1n) is 11.5. The summed E-state index contributed by atoms with van der Waals surface area (Å²) in [6, 6.07) is 3.14. The summed E-state index contributed by atoms with van der Waals surface area (Å²) in [6.45, 7) is 0.931.